The van der Waals surface area contributed by atoms with Crippen LogP contribution in [0.15, 0.2) is 84.9 Å². The van der Waals surface area contributed by atoms with Gasteiger partial charge in [0.05, 0.1) is 22.1 Å². The molecule has 6 aromatic rings. The first-order valence-electron chi connectivity index (χ1n) is 9.54. The zero-order valence-corrected chi connectivity index (χ0v) is 17.0. The highest BCUT2D eigenvalue weighted by Crippen LogP contribution is 2.34. The molecule has 0 N–H and O–H groups in total. The molecule has 0 amide bonds. The lowest BCUT2D eigenvalue weighted by molar-refractivity contribution is 0.682. The molecule has 2 aromatic heterocycles. The Balaban J connectivity index is 1.69. The van der Waals surface area contributed by atoms with Gasteiger partial charge < -0.3 is 9.13 Å². The van der Waals surface area contributed by atoms with Gasteiger partial charge in [-0.25, -0.2) is 0 Å². The molecule has 0 saturated heterocycles. The first kappa shape index (κ1) is 17.0. The van der Waals surface area contributed by atoms with E-state index in [1.165, 1.54) is 43.6 Å². The Kier molecular flexibility index (Phi) is 3.67. The summed E-state index contributed by atoms with van der Waals surface area (Å²) in [6.07, 6.45) is 0. The monoisotopic (exact) mass is 414 g/mol. The topological polar surface area (TPSA) is 9.86 Å². The fourth-order valence-corrected chi connectivity index (χ4v) is 4.84. The standard InChI is InChI=1S/C25H16Cl2N2/c26-16-9-11-24-20(13-16)18-5-1-3-7-22(18)28(24)15-29-23-8-4-2-6-19(23)21-14-17(27)10-12-25(21)29/h1-14H,15H2. The summed E-state index contributed by atoms with van der Waals surface area (Å²) < 4.78 is 4.73. The number of nitrogens with zero attached hydrogens (tertiary/aromatic N) is 2. The predicted octanol–water partition coefficient (Wildman–Crippen LogP) is 7.72. The van der Waals surface area contributed by atoms with Crippen LogP contribution < -0.4 is 0 Å². The molecule has 0 aliphatic heterocycles. The summed E-state index contributed by atoms with van der Waals surface area (Å²) in [6, 6.07) is 29.3. The summed E-state index contributed by atoms with van der Waals surface area (Å²) in [5, 5.41) is 6.30. The van der Waals surface area contributed by atoms with E-state index in [9.17, 15) is 0 Å². The van der Waals surface area contributed by atoms with Crippen molar-refractivity contribution in [2.45, 2.75) is 6.67 Å². The molecule has 0 unspecified atom stereocenters. The minimum Gasteiger partial charge on any atom is -0.322 e. The number of rotatable bonds is 2. The highest BCUT2D eigenvalue weighted by Gasteiger charge is 2.15. The van der Waals surface area contributed by atoms with Crippen molar-refractivity contribution in [1.82, 2.24) is 9.13 Å². The zero-order valence-electron chi connectivity index (χ0n) is 15.4. The second-order valence-electron chi connectivity index (χ2n) is 7.35. The molecule has 29 heavy (non-hydrogen) atoms. The third-order valence-corrected chi connectivity index (χ3v) is 6.22. The fourth-order valence-electron chi connectivity index (χ4n) is 4.50. The van der Waals surface area contributed by atoms with Crippen LogP contribution in [0, 0.1) is 0 Å². The minimum absolute atomic E-state index is 0.706. The molecule has 0 bridgehead atoms. The molecule has 0 aliphatic rings. The van der Waals surface area contributed by atoms with Gasteiger partial charge in [-0.05, 0) is 48.5 Å². The molecule has 6 rings (SSSR count). The second kappa shape index (κ2) is 6.28. The number of hydrogen-bond acceptors (Lipinski definition) is 0. The lowest BCUT2D eigenvalue weighted by atomic mass is 10.2. The van der Waals surface area contributed by atoms with Gasteiger partial charge in [0.1, 0.15) is 6.67 Å². The average Bonchev–Trinajstić information content (AvgIpc) is 3.22. The van der Waals surface area contributed by atoms with Crippen LogP contribution in [-0.2, 0) is 6.67 Å². The highest BCUT2D eigenvalue weighted by molar-refractivity contribution is 6.32. The number of aromatic nitrogens is 2. The molecule has 0 aliphatic carbocycles. The van der Waals surface area contributed by atoms with E-state index in [-0.39, 0.29) is 0 Å². The van der Waals surface area contributed by atoms with Gasteiger partial charge >= 0.3 is 0 Å². The molecular formula is C25H16Cl2N2. The quantitative estimate of drug-likeness (QED) is 0.274. The van der Waals surface area contributed by atoms with Gasteiger partial charge in [0.2, 0.25) is 0 Å². The van der Waals surface area contributed by atoms with Crippen LogP contribution in [0.4, 0.5) is 0 Å². The normalized spacial score (nSPS) is 11.9. The van der Waals surface area contributed by atoms with Gasteiger partial charge in [-0.2, -0.15) is 0 Å². The van der Waals surface area contributed by atoms with Crippen molar-refractivity contribution in [2.24, 2.45) is 0 Å². The minimum atomic E-state index is 0.706. The number of para-hydroxylation sites is 2. The first-order chi connectivity index (χ1) is 14.2. The molecule has 0 fully saturated rings. The van der Waals surface area contributed by atoms with E-state index in [2.05, 4.69) is 81.9 Å². The Hall–Kier alpha value is -2.94. The number of benzene rings is 4. The molecule has 2 nitrogen and oxygen atoms in total. The highest BCUT2D eigenvalue weighted by atomic mass is 35.5. The predicted molar refractivity (Wildman–Crippen MR) is 124 cm³/mol. The van der Waals surface area contributed by atoms with Gasteiger partial charge in [-0.3, -0.25) is 0 Å². The van der Waals surface area contributed by atoms with E-state index in [4.69, 9.17) is 23.2 Å². The Morgan fingerprint density at radius 2 is 0.897 bits per heavy atom. The fraction of sp³-hybridized carbons (Fsp3) is 0.0400. The van der Waals surface area contributed by atoms with Crippen LogP contribution >= 0.6 is 23.2 Å². The van der Waals surface area contributed by atoms with E-state index in [1.54, 1.807) is 0 Å². The van der Waals surface area contributed by atoms with Crippen molar-refractivity contribution in [3.05, 3.63) is 95.0 Å². The van der Waals surface area contributed by atoms with E-state index in [0.29, 0.717) is 6.67 Å². The molecule has 0 saturated carbocycles. The van der Waals surface area contributed by atoms with E-state index in [0.717, 1.165) is 10.0 Å². The lowest BCUT2D eigenvalue weighted by Gasteiger charge is -2.12. The number of halogens is 2. The maximum absolute atomic E-state index is 6.32. The number of hydrogen-bond donors (Lipinski definition) is 0. The van der Waals surface area contributed by atoms with Gasteiger partial charge in [0, 0.05) is 31.6 Å². The third kappa shape index (κ3) is 2.50. The Morgan fingerprint density at radius 3 is 1.38 bits per heavy atom. The van der Waals surface area contributed by atoms with Crippen LogP contribution in [0.5, 0.6) is 0 Å². The van der Waals surface area contributed by atoms with Crippen LogP contribution in [-0.4, -0.2) is 9.13 Å². The van der Waals surface area contributed by atoms with Gasteiger partial charge in [-0.1, -0.05) is 59.6 Å². The molecule has 0 radical (unpaired) electrons. The first-order valence-corrected chi connectivity index (χ1v) is 10.3. The van der Waals surface area contributed by atoms with Crippen LogP contribution in [0.1, 0.15) is 0 Å². The largest absolute Gasteiger partial charge is 0.322 e. The second-order valence-corrected chi connectivity index (χ2v) is 8.23. The molecular weight excluding hydrogens is 399 g/mol. The Morgan fingerprint density at radius 1 is 0.483 bits per heavy atom. The van der Waals surface area contributed by atoms with Crippen molar-refractivity contribution < 1.29 is 0 Å². The maximum Gasteiger partial charge on any atom is 0.100 e. The van der Waals surface area contributed by atoms with E-state index < -0.39 is 0 Å². The molecule has 0 spiro atoms. The Labute approximate surface area is 177 Å². The summed E-state index contributed by atoms with van der Waals surface area (Å²) >= 11 is 12.6. The van der Waals surface area contributed by atoms with E-state index >= 15 is 0 Å². The van der Waals surface area contributed by atoms with Crippen molar-refractivity contribution >= 4 is 66.8 Å². The van der Waals surface area contributed by atoms with Crippen molar-refractivity contribution in [3.63, 3.8) is 0 Å². The molecule has 2 heterocycles. The Bertz CT molecular complexity index is 1440. The zero-order chi connectivity index (χ0) is 19.5. The average molecular weight is 415 g/mol. The summed E-state index contributed by atoms with van der Waals surface area (Å²) in [5.41, 5.74) is 4.75. The van der Waals surface area contributed by atoms with E-state index in [1.807, 2.05) is 12.1 Å². The summed E-state index contributed by atoms with van der Waals surface area (Å²) in [6.45, 7) is 0.706. The van der Waals surface area contributed by atoms with Crippen LogP contribution in [0.2, 0.25) is 10.0 Å². The van der Waals surface area contributed by atoms with Crippen molar-refractivity contribution in [3.8, 4) is 0 Å². The summed E-state index contributed by atoms with van der Waals surface area (Å²) in [7, 11) is 0. The smallest absolute Gasteiger partial charge is 0.100 e. The number of fused-ring (bicyclic) bond motifs is 6. The molecule has 4 aromatic carbocycles. The van der Waals surface area contributed by atoms with Crippen molar-refractivity contribution in [2.75, 3.05) is 0 Å². The summed E-state index contributed by atoms with van der Waals surface area (Å²) in [5.74, 6) is 0. The van der Waals surface area contributed by atoms with Gasteiger partial charge in [0.15, 0.2) is 0 Å². The molecule has 140 valence electrons. The maximum atomic E-state index is 6.32. The molecule has 4 heteroatoms. The SMILES string of the molecule is Clc1ccc2c(c1)c1ccccc1n2Cn1c2ccccc2c2cc(Cl)ccc21. The van der Waals surface area contributed by atoms with Crippen molar-refractivity contribution in [1.29, 1.82) is 0 Å². The van der Waals surface area contributed by atoms with Gasteiger partial charge in [0.25, 0.3) is 0 Å². The third-order valence-electron chi connectivity index (χ3n) is 5.75. The van der Waals surface area contributed by atoms with Crippen LogP contribution in [0.25, 0.3) is 43.6 Å². The lowest BCUT2D eigenvalue weighted by Crippen LogP contribution is -2.07. The summed E-state index contributed by atoms with van der Waals surface area (Å²) in [4.78, 5) is 0. The molecule has 0 atom stereocenters. The van der Waals surface area contributed by atoms with Crippen LogP contribution in [0.3, 0.4) is 0 Å². The van der Waals surface area contributed by atoms with Gasteiger partial charge in [-0.15, -0.1) is 0 Å².